The number of aryl methyl sites for hydroxylation is 1. The number of piperidine rings is 1. The van der Waals surface area contributed by atoms with E-state index in [9.17, 15) is 9.18 Å². The molecule has 1 N–H and O–H groups in total. The predicted molar refractivity (Wildman–Crippen MR) is 143 cm³/mol. The number of anilines is 1. The first-order valence-corrected chi connectivity index (χ1v) is 12.9. The van der Waals surface area contributed by atoms with Crippen LogP contribution >= 0.6 is 0 Å². The molecule has 1 saturated heterocycles. The molecule has 2 heterocycles. The molecule has 5 rings (SSSR count). The zero-order chi connectivity index (χ0) is 24.9. The van der Waals surface area contributed by atoms with Crippen LogP contribution in [-0.4, -0.2) is 34.6 Å². The first-order valence-electron chi connectivity index (χ1n) is 12.9. The minimum Gasteiger partial charge on any atom is -0.353 e. The number of hydrogen-bond acceptors (Lipinski definition) is 3. The Bertz CT molecular complexity index is 1290. The van der Waals surface area contributed by atoms with Crippen LogP contribution in [0.25, 0.3) is 11.0 Å². The van der Waals surface area contributed by atoms with E-state index < -0.39 is 0 Å². The second-order valence-electron chi connectivity index (χ2n) is 9.81. The molecule has 4 aromatic rings. The van der Waals surface area contributed by atoms with Gasteiger partial charge in [-0.2, -0.15) is 0 Å². The molecule has 1 aliphatic rings. The van der Waals surface area contributed by atoms with E-state index in [0.29, 0.717) is 6.54 Å². The lowest BCUT2D eigenvalue weighted by atomic mass is 9.95. The van der Waals surface area contributed by atoms with E-state index in [1.165, 1.54) is 17.7 Å². The van der Waals surface area contributed by atoms with Crippen LogP contribution in [0.3, 0.4) is 0 Å². The maximum atomic E-state index is 13.4. The summed E-state index contributed by atoms with van der Waals surface area (Å²) >= 11 is 0. The molecule has 1 aromatic heterocycles. The molecule has 3 aromatic carbocycles. The van der Waals surface area contributed by atoms with Gasteiger partial charge in [0.15, 0.2) is 0 Å². The number of nitrogens with zero attached hydrogens (tertiary/aromatic N) is 3. The predicted octanol–water partition coefficient (Wildman–Crippen LogP) is 5.58. The van der Waals surface area contributed by atoms with Gasteiger partial charge in [0.05, 0.1) is 17.6 Å². The van der Waals surface area contributed by atoms with Gasteiger partial charge in [0.25, 0.3) is 0 Å². The van der Waals surface area contributed by atoms with E-state index in [1.807, 2.05) is 36.4 Å². The van der Waals surface area contributed by atoms with Crippen molar-refractivity contribution in [2.75, 3.05) is 18.0 Å². The summed E-state index contributed by atoms with van der Waals surface area (Å²) in [4.78, 5) is 20.2. The summed E-state index contributed by atoms with van der Waals surface area (Å²) in [5.41, 5.74) is 4.33. The Morgan fingerprint density at radius 2 is 1.67 bits per heavy atom. The molecular weight excluding hydrogens is 451 g/mol. The highest BCUT2D eigenvalue weighted by Gasteiger charge is 2.28. The van der Waals surface area contributed by atoms with E-state index in [-0.39, 0.29) is 23.7 Å². The molecule has 1 unspecified atom stereocenters. The molecular formula is C30H33FN4O. The SMILES string of the molecule is CC(CCc1ccccc1)NC(=O)C1CCN(c2nc3ccccc3n2Cc2ccc(F)cc2)CC1. The summed E-state index contributed by atoms with van der Waals surface area (Å²) in [5, 5.41) is 3.24. The summed E-state index contributed by atoms with van der Waals surface area (Å²) in [6.45, 7) is 4.27. The summed E-state index contributed by atoms with van der Waals surface area (Å²) < 4.78 is 15.6. The summed E-state index contributed by atoms with van der Waals surface area (Å²) in [6, 6.07) is 25.3. The fraction of sp³-hybridized carbons (Fsp3) is 0.333. The number of aromatic nitrogens is 2. The quantitative estimate of drug-likeness (QED) is 0.355. The van der Waals surface area contributed by atoms with Crippen LogP contribution < -0.4 is 10.2 Å². The van der Waals surface area contributed by atoms with Gasteiger partial charge < -0.3 is 14.8 Å². The van der Waals surface area contributed by atoms with Crippen molar-refractivity contribution in [3.05, 3.63) is 95.8 Å². The van der Waals surface area contributed by atoms with Crippen LogP contribution in [0.2, 0.25) is 0 Å². The van der Waals surface area contributed by atoms with Gasteiger partial charge in [0.1, 0.15) is 5.82 Å². The molecule has 0 bridgehead atoms. The lowest BCUT2D eigenvalue weighted by Crippen LogP contribution is -2.43. The van der Waals surface area contributed by atoms with Crippen molar-refractivity contribution in [1.82, 2.24) is 14.9 Å². The van der Waals surface area contributed by atoms with Crippen molar-refractivity contribution < 1.29 is 9.18 Å². The molecule has 36 heavy (non-hydrogen) atoms. The fourth-order valence-electron chi connectivity index (χ4n) is 5.03. The van der Waals surface area contributed by atoms with Crippen molar-refractivity contribution in [2.24, 2.45) is 5.92 Å². The average Bonchev–Trinajstić information content (AvgIpc) is 3.27. The van der Waals surface area contributed by atoms with Gasteiger partial charge >= 0.3 is 0 Å². The Morgan fingerprint density at radius 3 is 2.42 bits per heavy atom. The third-order valence-corrected chi connectivity index (χ3v) is 7.13. The largest absolute Gasteiger partial charge is 0.353 e. The van der Waals surface area contributed by atoms with Crippen LogP contribution in [-0.2, 0) is 17.8 Å². The molecule has 0 radical (unpaired) electrons. The van der Waals surface area contributed by atoms with E-state index >= 15 is 0 Å². The molecule has 6 heteroatoms. The maximum absolute atomic E-state index is 13.4. The van der Waals surface area contributed by atoms with Gasteiger partial charge in [-0.15, -0.1) is 0 Å². The third kappa shape index (κ3) is 5.59. The Balaban J connectivity index is 1.22. The highest BCUT2D eigenvalue weighted by Crippen LogP contribution is 2.28. The Hall–Kier alpha value is -3.67. The minimum atomic E-state index is -0.232. The van der Waals surface area contributed by atoms with Gasteiger partial charge in [-0.05, 0) is 68.0 Å². The zero-order valence-corrected chi connectivity index (χ0v) is 20.7. The zero-order valence-electron chi connectivity index (χ0n) is 20.7. The number of imidazole rings is 1. The molecule has 186 valence electrons. The van der Waals surface area contributed by atoms with Crippen LogP contribution in [0, 0.1) is 11.7 Å². The van der Waals surface area contributed by atoms with Crippen LogP contribution in [0.5, 0.6) is 0 Å². The summed E-state index contributed by atoms with van der Waals surface area (Å²) in [7, 11) is 0. The number of carbonyl (C=O) groups excluding carboxylic acids is 1. The minimum absolute atomic E-state index is 0.0235. The monoisotopic (exact) mass is 484 g/mol. The summed E-state index contributed by atoms with van der Waals surface area (Å²) in [6.07, 6.45) is 3.50. The van der Waals surface area contributed by atoms with Crippen LogP contribution in [0.15, 0.2) is 78.9 Å². The smallest absolute Gasteiger partial charge is 0.223 e. The van der Waals surface area contributed by atoms with Gasteiger partial charge in [-0.1, -0.05) is 54.6 Å². The average molecular weight is 485 g/mol. The Morgan fingerprint density at radius 1 is 0.972 bits per heavy atom. The third-order valence-electron chi connectivity index (χ3n) is 7.13. The normalized spacial score (nSPS) is 15.2. The second kappa shape index (κ2) is 10.9. The number of hydrogen-bond donors (Lipinski definition) is 1. The maximum Gasteiger partial charge on any atom is 0.223 e. The standard InChI is InChI=1S/C30H33FN4O/c1-22(11-12-23-7-3-2-4-8-23)32-29(36)25-17-19-34(20-18-25)30-33-27-9-5-6-10-28(27)35(30)21-24-13-15-26(31)16-14-24/h2-10,13-16,22,25H,11-12,17-21H2,1H3,(H,32,36). The van der Waals surface area contributed by atoms with Crippen LogP contribution in [0.4, 0.5) is 10.3 Å². The fourth-order valence-corrected chi connectivity index (χ4v) is 5.03. The van der Waals surface area contributed by atoms with Gasteiger partial charge in [0.2, 0.25) is 11.9 Å². The Kier molecular flexibility index (Phi) is 7.31. The van der Waals surface area contributed by atoms with E-state index in [0.717, 1.165) is 61.3 Å². The Labute approximate surface area is 212 Å². The number of para-hydroxylation sites is 2. The van der Waals surface area contributed by atoms with Crippen molar-refractivity contribution in [3.8, 4) is 0 Å². The first-order chi connectivity index (χ1) is 17.6. The van der Waals surface area contributed by atoms with Gasteiger partial charge in [-0.25, -0.2) is 9.37 Å². The van der Waals surface area contributed by atoms with E-state index in [4.69, 9.17) is 4.98 Å². The molecule has 0 aliphatic carbocycles. The van der Waals surface area contributed by atoms with Crippen molar-refractivity contribution in [3.63, 3.8) is 0 Å². The molecule has 5 nitrogen and oxygen atoms in total. The van der Waals surface area contributed by atoms with Crippen LogP contribution in [0.1, 0.15) is 37.3 Å². The number of fused-ring (bicyclic) bond motifs is 1. The summed E-state index contributed by atoms with van der Waals surface area (Å²) in [5.74, 6) is 0.866. The van der Waals surface area contributed by atoms with E-state index in [1.54, 1.807) is 0 Å². The topological polar surface area (TPSA) is 50.2 Å². The molecule has 1 atom stereocenters. The number of nitrogens with one attached hydrogen (secondary N) is 1. The lowest BCUT2D eigenvalue weighted by Gasteiger charge is -2.33. The number of benzene rings is 3. The number of carbonyl (C=O) groups is 1. The first kappa shape index (κ1) is 24.0. The van der Waals surface area contributed by atoms with Crippen molar-refractivity contribution >= 4 is 22.9 Å². The second-order valence-corrected chi connectivity index (χ2v) is 9.81. The van der Waals surface area contributed by atoms with Gasteiger partial charge in [0, 0.05) is 25.0 Å². The molecule has 1 amide bonds. The van der Waals surface area contributed by atoms with E-state index in [2.05, 4.69) is 52.0 Å². The molecule has 1 aliphatic heterocycles. The lowest BCUT2D eigenvalue weighted by molar-refractivity contribution is -0.126. The number of halogens is 1. The number of amides is 1. The highest BCUT2D eigenvalue weighted by molar-refractivity contribution is 5.80. The highest BCUT2D eigenvalue weighted by atomic mass is 19.1. The molecule has 0 saturated carbocycles. The van der Waals surface area contributed by atoms with Crippen molar-refractivity contribution in [1.29, 1.82) is 0 Å². The van der Waals surface area contributed by atoms with Crippen molar-refractivity contribution in [2.45, 2.75) is 45.2 Å². The molecule has 0 spiro atoms. The molecule has 1 fully saturated rings. The van der Waals surface area contributed by atoms with Gasteiger partial charge in [-0.3, -0.25) is 4.79 Å². The number of rotatable bonds is 8.